The minimum absolute atomic E-state index is 0.108. The van der Waals surface area contributed by atoms with E-state index in [9.17, 15) is 4.79 Å². The molecule has 0 fully saturated rings. The van der Waals surface area contributed by atoms with Gasteiger partial charge in [0.1, 0.15) is 5.75 Å². The molecule has 0 spiro atoms. The largest absolute Gasteiger partial charge is 0.497 e. The number of ether oxygens (including phenoxy) is 1. The van der Waals surface area contributed by atoms with Crippen molar-refractivity contribution in [1.82, 2.24) is 9.97 Å². The van der Waals surface area contributed by atoms with Crippen LogP contribution in [0, 0.1) is 6.92 Å². The van der Waals surface area contributed by atoms with Crippen LogP contribution in [0.1, 0.15) is 28.4 Å². The number of aromatic nitrogens is 2. The lowest BCUT2D eigenvalue weighted by Gasteiger charge is -2.21. The van der Waals surface area contributed by atoms with Crippen LogP contribution in [0.3, 0.4) is 0 Å². The van der Waals surface area contributed by atoms with Gasteiger partial charge in [-0.05, 0) is 55.7 Å². The van der Waals surface area contributed by atoms with E-state index in [1.54, 1.807) is 24.4 Å². The molecule has 29 heavy (non-hydrogen) atoms. The Balaban J connectivity index is 1.59. The van der Waals surface area contributed by atoms with Crippen molar-refractivity contribution in [2.24, 2.45) is 0 Å². The Morgan fingerprint density at radius 2 is 1.83 bits per heavy atom. The van der Waals surface area contributed by atoms with Crippen molar-refractivity contribution in [3.05, 3.63) is 77.6 Å². The monoisotopic (exact) mass is 390 g/mol. The fourth-order valence-electron chi connectivity index (χ4n) is 3.04. The molecule has 3 rings (SSSR count). The quantitative estimate of drug-likeness (QED) is 0.627. The molecule has 0 aliphatic carbocycles. The van der Waals surface area contributed by atoms with Crippen LogP contribution in [0.5, 0.6) is 5.75 Å². The molecule has 0 aliphatic heterocycles. The Morgan fingerprint density at radius 1 is 1.10 bits per heavy atom. The molecule has 1 amide bonds. The molecule has 0 aliphatic rings. The van der Waals surface area contributed by atoms with Crippen LogP contribution in [0.25, 0.3) is 0 Å². The Kier molecular flexibility index (Phi) is 6.79. The highest BCUT2D eigenvalue weighted by Gasteiger charge is 2.17. The van der Waals surface area contributed by atoms with E-state index < -0.39 is 0 Å². The van der Waals surface area contributed by atoms with Gasteiger partial charge in [0.15, 0.2) is 0 Å². The first-order chi connectivity index (χ1) is 14.1. The van der Waals surface area contributed by atoms with Crippen LogP contribution in [-0.2, 0) is 6.42 Å². The van der Waals surface area contributed by atoms with Gasteiger partial charge >= 0.3 is 0 Å². The normalized spacial score (nSPS) is 10.4. The van der Waals surface area contributed by atoms with E-state index in [0.29, 0.717) is 24.6 Å². The summed E-state index contributed by atoms with van der Waals surface area (Å²) in [6, 6.07) is 15.9. The minimum Gasteiger partial charge on any atom is -0.497 e. The van der Waals surface area contributed by atoms with E-state index in [1.807, 2.05) is 62.4 Å². The number of hydrogen-bond donors (Lipinski definition) is 1. The van der Waals surface area contributed by atoms with E-state index in [2.05, 4.69) is 15.3 Å². The maximum absolute atomic E-state index is 12.9. The summed E-state index contributed by atoms with van der Waals surface area (Å²) in [5.41, 5.74) is 3.65. The molecule has 6 heteroatoms. The molecule has 6 nitrogen and oxygen atoms in total. The van der Waals surface area contributed by atoms with Gasteiger partial charge in [0.05, 0.1) is 12.7 Å². The molecular weight excluding hydrogens is 364 g/mol. The van der Waals surface area contributed by atoms with E-state index in [4.69, 9.17) is 4.74 Å². The lowest BCUT2D eigenvalue weighted by atomic mass is 10.1. The Bertz CT molecular complexity index is 940. The van der Waals surface area contributed by atoms with Crippen molar-refractivity contribution >= 4 is 17.5 Å². The third kappa shape index (κ3) is 5.31. The number of anilines is 2. The molecule has 0 saturated carbocycles. The molecule has 1 aromatic heterocycles. The molecule has 0 radical (unpaired) electrons. The number of nitrogens with zero attached hydrogens (tertiary/aromatic N) is 3. The third-order valence-corrected chi connectivity index (χ3v) is 4.63. The first-order valence-corrected chi connectivity index (χ1v) is 9.68. The molecule has 1 heterocycles. The molecule has 3 aromatic rings. The van der Waals surface area contributed by atoms with Gasteiger partial charge in [-0.1, -0.05) is 24.3 Å². The number of rotatable bonds is 8. The summed E-state index contributed by atoms with van der Waals surface area (Å²) in [5, 5.41) is 3.19. The number of benzene rings is 2. The van der Waals surface area contributed by atoms with Crippen molar-refractivity contribution in [2.75, 3.05) is 30.4 Å². The molecule has 1 N–H and O–H groups in total. The fourth-order valence-corrected chi connectivity index (χ4v) is 3.04. The molecule has 150 valence electrons. The molecular formula is C23H26N4O2. The van der Waals surface area contributed by atoms with Gasteiger partial charge in [-0.2, -0.15) is 0 Å². The molecule has 0 unspecified atom stereocenters. The standard InChI is InChI=1S/C23H26N4O2/c1-4-27(20-7-5-6-17(2)14-20)22(28)19-15-25-23(26-16-19)24-13-12-18-8-10-21(29-3)11-9-18/h5-11,14-16H,4,12-13H2,1-3H3,(H,24,25,26). The summed E-state index contributed by atoms with van der Waals surface area (Å²) in [7, 11) is 1.66. The highest BCUT2D eigenvalue weighted by Crippen LogP contribution is 2.18. The lowest BCUT2D eigenvalue weighted by Crippen LogP contribution is -2.30. The molecule has 0 bridgehead atoms. The molecule has 0 saturated heterocycles. The summed E-state index contributed by atoms with van der Waals surface area (Å²) in [4.78, 5) is 23.2. The number of nitrogens with one attached hydrogen (secondary N) is 1. The Morgan fingerprint density at radius 3 is 2.45 bits per heavy atom. The zero-order valence-corrected chi connectivity index (χ0v) is 17.1. The SMILES string of the molecule is CCN(C(=O)c1cnc(NCCc2ccc(OC)cc2)nc1)c1cccc(C)c1. The second-order valence-corrected chi connectivity index (χ2v) is 6.71. The summed E-state index contributed by atoms with van der Waals surface area (Å²) in [6.07, 6.45) is 3.98. The first kappa shape index (κ1) is 20.3. The van der Waals surface area contributed by atoms with Gasteiger partial charge in [-0.15, -0.1) is 0 Å². The van der Waals surface area contributed by atoms with Crippen molar-refractivity contribution in [1.29, 1.82) is 0 Å². The average Bonchev–Trinajstić information content (AvgIpc) is 2.75. The summed E-state index contributed by atoms with van der Waals surface area (Å²) < 4.78 is 5.17. The van der Waals surface area contributed by atoms with Gasteiger partial charge in [-0.3, -0.25) is 4.79 Å². The smallest absolute Gasteiger partial charge is 0.261 e. The van der Waals surface area contributed by atoms with E-state index in [1.165, 1.54) is 5.56 Å². The highest BCUT2D eigenvalue weighted by atomic mass is 16.5. The van der Waals surface area contributed by atoms with Crippen molar-refractivity contribution < 1.29 is 9.53 Å². The van der Waals surface area contributed by atoms with Crippen molar-refractivity contribution in [3.8, 4) is 5.75 Å². The van der Waals surface area contributed by atoms with Gasteiger partial charge in [0.25, 0.3) is 5.91 Å². The van der Waals surface area contributed by atoms with Crippen LogP contribution in [0.4, 0.5) is 11.6 Å². The van der Waals surface area contributed by atoms with Crippen LogP contribution in [-0.4, -0.2) is 36.1 Å². The average molecular weight is 390 g/mol. The summed E-state index contributed by atoms with van der Waals surface area (Å²) >= 11 is 0. The maximum atomic E-state index is 12.9. The van der Waals surface area contributed by atoms with Gasteiger partial charge in [-0.25, -0.2) is 9.97 Å². The Hall–Kier alpha value is -3.41. The van der Waals surface area contributed by atoms with Gasteiger partial charge in [0.2, 0.25) is 5.95 Å². The zero-order chi connectivity index (χ0) is 20.6. The van der Waals surface area contributed by atoms with Gasteiger partial charge in [0, 0.05) is 31.2 Å². The van der Waals surface area contributed by atoms with Gasteiger partial charge < -0.3 is 15.0 Å². The zero-order valence-electron chi connectivity index (χ0n) is 17.1. The third-order valence-electron chi connectivity index (χ3n) is 4.63. The summed E-state index contributed by atoms with van der Waals surface area (Å²) in [5.74, 6) is 1.24. The second-order valence-electron chi connectivity index (χ2n) is 6.71. The number of hydrogen-bond acceptors (Lipinski definition) is 5. The fraction of sp³-hybridized carbons (Fsp3) is 0.261. The predicted octanol–water partition coefficient (Wildman–Crippen LogP) is 4.11. The van der Waals surface area contributed by atoms with E-state index in [-0.39, 0.29) is 5.91 Å². The van der Waals surface area contributed by atoms with Crippen LogP contribution < -0.4 is 15.0 Å². The molecule has 2 aromatic carbocycles. The highest BCUT2D eigenvalue weighted by molar-refractivity contribution is 6.05. The van der Waals surface area contributed by atoms with Crippen LogP contribution in [0.2, 0.25) is 0 Å². The van der Waals surface area contributed by atoms with Crippen molar-refractivity contribution in [3.63, 3.8) is 0 Å². The second kappa shape index (κ2) is 9.68. The molecule has 0 atom stereocenters. The summed E-state index contributed by atoms with van der Waals surface area (Å²) in [6.45, 7) is 5.24. The number of carbonyl (C=O) groups excluding carboxylic acids is 1. The lowest BCUT2D eigenvalue weighted by molar-refractivity contribution is 0.0987. The van der Waals surface area contributed by atoms with E-state index >= 15 is 0 Å². The number of carbonyl (C=O) groups is 1. The van der Waals surface area contributed by atoms with Crippen LogP contribution in [0.15, 0.2) is 60.9 Å². The van der Waals surface area contributed by atoms with E-state index in [0.717, 1.165) is 23.4 Å². The predicted molar refractivity (Wildman–Crippen MR) is 116 cm³/mol. The first-order valence-electron chi connectivity index (χ1n) is 9.68. The topological polar surface area (TPSA) is 67.4 Å². The minimum atomic E-state index is -0.108. The number of amides is 1. The Labute approximate surface area is 171 Å². The van der Waals surface area contributed by atoms with Crippen molar-refractivity contribution in [2.45, 2.75) is 20.3 Å². The maximum Gasteiger partial charge on any atom is 0.261 e. The number of aryl methyl sites for hydroxylation is 1. The number of methoxy groups -OCH3 is 1. The van der Waals surface area contributed by atoms with Crippen LogP contribution >= 0.6 is 0 Å².